The molecule has 4 aromatic carbocycles. The molecule has 2 amide bonds. The van der Waals surface area contributed by atoms with Crippen LogP contribution in [0.15, 0.2) is 109 Å². The zero-order chi connectivity index (χ0) is 26.6. The number of rotatable bonds is 6. The first-order valence-corrected chi connectivity index (χ1v) is 13.1. The molecule has 2 heterocycles. The molecule has 0 bridgehead atoms. The molecule has 192 valence electrons. The number of benzene rings is 4. The first-order valence-electron chi connectivity index (χ1n) is 13.1. The Kier molecular flexibility index (Phi) is 6.75. The van der Waals surface area contributed by atoms with Gasteiger partial charge in [-0.1, -0.05) is 60.7 Å². The van der Waals surface area contributed by atoms with Crippen LogP contribution >= 0.6 is 0 Å². The van der Waals surface area contributed by atoms with Gasteiger partial charge in [0.15, 0.2) is 0 Å². The van der Waals surface area contributed by atoms with Crippen LogP contribution in [0.1, 0.15) is 37.4 Å². The highest BCUT2D eigenvalue weighted by Gasteiger charge is 2.22. The third-order valence-electron chi connectivity index (χ3n) is 7.16. The van der Waals surface area contributed by atoms with Gasteiger partial charge in [0.05, 0.1) is 5.56 Å². The van der Waals surface area contributed by atoms with Crippen LogP contribution < -0.4 is 15.5 Å². The molecule has 6 heteroatoms. The van der Waals surface area contributed by atoms with E-state index in [-0.39, 0.29) is 11.8 Å². The average Bonchev–Trinajstić information content (AvgIpc) is 3.00. The van der Waals surface area contributed by atoms with E-state index in [4.69, 9.17) is 0 Å². The van der Waals surface area contributed by atoms with Crippen molar-refractivity contribution in [2.24, 2.45) is 0 Å². The summed E-state index contributed by atoms with van der Waals surface area (Å²) in [5.74, 6) is -0.420. The monoisotopic (exact) mass is 512 g/mol. The number of nitrogens with zero attached hydrogens (tertiary/aromatic N) is 2. The van der Waals surface area contributed by atoms with Crippen molar-refractivity contribution in [1.82, 2.24) is 10.3 Å². The van der Waals surface area contributed by atoms with Crippen LogP contribution in [0.5, 0.6) is 0 Å². The molecule has 0 spiro atoms. The SMILES string of the molecule is O=C(Nc1ccc(N2CCc3ccccc3C2)c(C(=O)NCc2cccnc2)c1)c1ccc2ccccc2c1. The third-order valence-corrected chi connectivity index (χ3v) is 7.16. The van der Waals surface area contributed by atoms with Crippen LogP contribution in [0.2, 0.25) is 0 Å². The molecular weight excluding hydrogens is 484 g/mol. The Hall–Kier alpha value is -4.97. The van der Waals surface area contributed by atoms with Crippen molar-refractivity contribution in [2.45, 2.75) is 19.5 Å². The van der Waals surface area contributed by atoms with E-state index in [1.54, 1.807) is 18.5 Å². The van der Waals surface area contributed by atoms with Crippen molar-refractivity contribution in [1.29, 1.82) is 0 Å². The Balaban J connectivity index is 1.28. The minimum absolute atomic E-state index is 0.200. The Bertz CT molecular complexity index is 1670. The van der Waals surface area contributed by atoms with Crippen molar-refractivity contribution in [3.63, 3.8) is 0 Å². The number of pyridine rings is 1. The van der Waals surface area contributed by atoms with Gasteiger partial charge in [-0.05, 0) is 70.3 Å². The molecule has 0 fully saturated rings. The summed E-state index contributed by atoms with van der Waals surface area (Å²) in [7, 11) is 0. The highest BCUT2D eigenvalue weighted by atomic mass is 16.2. The first kappa shape index (κ1) is 24.4. The van der Waals surface area contributed by atoms with Crippen LogP contribution in [0.4, 0.5) is 11.4 Å². The van der Waals surface area contributed by atoms with Gasteiger partial charge >= 0.3 is 0 Å². The second kappa shape index (κ2) is 10.8. The highest BCUT2D eigenvalue weighted by Crippen LogP contribution is 2.30. The maximum absolute atomic E-state index is 13.5. The second-order valence-electron chi connectivity index (χ2n) is 9.73. The van der Waals surface area contributed by atoms with Gasteiger partial charge < -0.3 is 15.5 Å². The summed E-state index contributed by atoms with van der Waals surface area (Å²) < 4.78 is 0. The van der Waals surface area contributed by atoms with Gasteiger partial charge in [-0.15, -0.1) is 0 Å². The Labute approximate surface area is 227 Å². The summed E-state index contributed by atoms with van der Waals surface area (Å²) in [4.78, 5) is 33.0. The van der Waals surface area contributed by atoms with E-state index in [1.165, 1.54) is 11.1 Å². The van der Waals surface area contributed by atoms with E-state index < -0.39 is 0 Å². The highest BCUT2D eigenvalue weighted by molar-refractivity contribution is 6.08. The van der Waals surface area contributed by atoms with Crippen LogP contribution in [0.25, 0.3) is 10.8 Å². The molecule has 1 aliphatic heterocycles. The van der Waals surface area contributed by atoms with Crippen molar-refractivity contribution in [3.05, 3.63) is 137 Å². The third kappa shape index (κ3) is 5.36. The molecule has 0 saturated carbocycles. The van der Waals surface area contributed by atoms with Crippen LogP contribution in [-0.2, 0) is 19.5 Å². The second-order valence-corrected chi connectivity index (χ2v) is 9.73. The molecule has 0 unspecified atom stereocenters. The number of fused-ring (bicyclic) bond motifs is 2. The van der Waals surface area contributed by atoms with Gasteiger partial charge in [0, 0.05) is 49.0 Å². The topological polar surface area (TPSA) is 74.3 Å². The summed E-state index contributed by atoms with van der Waals surface area (Å²) in [6.07, 6.45) is 4.36. The quantitative estimate of drug-likeness (QED) is 0.294. The molecule has 0 aliphatic carbocycles. The predicted molar refractivity (Wildman–Crippen MR) is 155 cm³/mol. The van der Waals surface area contributed by atoms with Gasteiger partial charge in [0.1, 0.15) is 0 Å². The number of hydrogen-bond donors (Lipinski definition) is 2. The number of nitrogens with one attached hydrogen (secondary N) is 2. The Morgan fingerprint density at radius 2 is 1.62 bits per heavy atom. The van der Waals surface area contributed by atoms with Crippen LogP contribution in [0.3, 0.4) is 0 Å². The van der Waals surface area contributed by atoms with Gasteiger partial charge in [0.2, 0.25) is 0 Å². The lowest BCUT2D eigenvalue weighted by Crippen LogP contribution is -2.33. The number of carbonyl (C=O) groups excluding carboxylic acids is 2. The first-order chi connectivity index (χ1) is 19.1. The molecule has 5 aromatic rings. The summed E-state index contributed by atoms with van der Waals surface area (Å²) in [6.45, 7) is 1.90. The molecule has 0 saturated heterocycles. The maximum atomic E-state index is 13.5. The van der Waals surface area contributed by atoms with Gasteiger partial charge in [-0.25, -0.2) is 0 Å². The van der Waals surface area contributed by atoms with E-state index in [2.05, 4.69) is 44.8 Å². The lowest BCUT2D eigenvalue weighted by atomic mass is 9.98. The van der Waals surface area contributed by atoms with E-state index in [0.29, 0.717) is 23.4 Å². The van der Waals surface area contributed by atoms with Crippen LogP contribution in [0, 0.1) is 0 Å². The fourth-order valence-corrected chi connectivity index (χ4v) is 5.09. The van der Waals surface area contributed by atoms with Crippen molar-refractivity contribution in [3.8, 4) is 0 Å². The van der Waals surface area contributed by atoms with E-state index >= 15 is 0 Å². The molecule has 1 aromatic heterocycles. The predicted octanol–water partition coefficient (Wildman–Crippen LogP) is 5.98. The summed E-state index contributed by atoms with van der Waals surface area (Å²) in [5, 5.41) is 8.10. The fraction of sp³-hybridized carbons (Fsp3) is 0.121. The number of carbonyl (C=O) groups is 2. The molecule has 39 heavy (non-hydrogen) atoms. The van der Waals surface area contributed by atoms with Gasteiger partial charge in [-0.3, -0.25) is 14.6 Å². The molecule has 2 N–H and O–H groups in total. The molecular formula is C33H28N4O2. The molecule has 6 rings (SSSR count). The summed E-state index contributed by atoms with van der Waals surface area (Å²) >= 11 is 0. The minimum atomic E-state index is -0.220. The normalized spacial score (nSPS) is 12.6. The maximum Gasteiger partial charge on any atom is 0.255 e. The van der Waals surface area contributed by atoms with Gasteiger partial charge in [0.25, 0.3) is 11.8 Å². The molecule has 0 atom stereocenters. The van der Waals surface area contributed by atoms with Gasteiger partial charge in [-0.2, -0.15) is 0 Å². The summed E-state index contributed by atoms with van der Waals surface area (Å²) in [6, 6.07) is 31.4. The number of amides is 2. The number of aromatic nitrogens is 1. The zero-order valence-electron chi connectivity index (χ0n) is 21.4. The molecule has 0 radical (unpaired) electrons. The standard InChI is InChI=1S/C33H28N4O2/c38-32(27-12-11-24-7-1-3-9-26(24)18-27)36-29-13-14-31(37-17-15-25-8-2-4-10-28(25)22-37)30(19-29)33(39)35-21-23-6-5-16-34-20-23/h1-14,16,18-20H,15,17,21-22H2,(H,35,39)(H,36,38). The fourth-order valence-electron chi connectivity index (χ4n) is 5.09. The summed E-state index contributed by atoms with van der Waals surface area (Å²) in [5.41, 5.74) is 6.02. The van der Waals surface area contributed by atoms with Crippen LogP contribution in [-0.4, -0.2) is 23.3 Å². The minimum Gasteiger partial charge on any atom is -0.366 e. The van der Waals surface area contributed by atoms with E-state index in [0.717, 1.165) is 41.5 Å². The lowest BCUT2D eigenvalue weighted by molar-refractivity contribution is 0.0950. The molecule has 6 nitrogen and oxygen atoms in total. The molecule has 1 aliphatic rings. The Morgan fingerprint density at radius 3 is 2.46 bits per heavy atom. The largest absolute Gasteiger partial charge is 0.366 e. The smallest absolute Gasteiger partial charge is 0.255 e. The Morgan fingerprint density at radius 1 is 0.795 bits per heavy atom. The van der Waals surface area contributed by atoms with E-state index in [1.807, 2.05) is 66.7 Å². The number of hydrogen-bond acceptors (Lipinski definition) is 4. The number of anilines is 2. The average molecular weight is 513 g/mol. The van der Waals surface area contributed by atoms with Crippen molar-refractivity contribution >= 4 is 34.0 Å². The van der Waals surface area contributed by atoms with E-state index in [9.17, 15) is 9.59 Å². The zero-order valence-corrected chi connectivity index (χ0v) is 21.4. The van der Waals surface area contributed by atoms with Crippen molar-refractivity contribution in [2.75, 3.05) is 16.8 Å². The lowest BCUT2D eigenvalue weighted by Gasteiger charge is -2.32. The van der Waals surface area contributed by atoms with Crippen molar-refractivity contribution < 1.29 is 9.59 Å².